The van der Waals surface area contributed by atoms with Crippen molar-refractivity contribution in [2.75, 3.05) is 0 Å². The van der Waals surface area contributed by atoms with Crippen LogP contribution in [0.5, 0.6) is 0 Å². The van der Waals surface area contributed by atoms with Gasteiger partial charge in [-0.3, -0.25) is 0 Å². The van der Waals surface area contributed by atoms with E-state index in [1.54, 1.807) is 12.3 Å². The molecular weight excluding hydrogens is 210 g/mol. The SMILES string of the molecule is OCc1cnc(Cl)cc1-c1ccccc1. The molecule has 76 valence electrons. The second kappa shape index (κ2) is 4.43. The lowest BCUT2D eigenvalue weighted by Crippen LogP contribution is -1.91. The molecule has 3 heteroatoms. The number of pyridine rings is 1. The first-order valence-corrected chi connectivity index (χ1v) is 5.00. The predicted octanol–water partition coefficient (Wildman–Crippen LogP) is 2.89. The van der Waals surface area contributed by atoms with E-state index >= 15 is 0 Å². The van der Waals surface area contributed by atoms with Crippen molar-refractivity contribution in [2.45, 2.75) is 6.61 Å². The van der Waals surface area contributed by atoms with Gasteiger partial charge in [0, 0.05) is 11.8 Å². The predicted molar refractivity (Wildman–Crippen MR) is 60.6 cm³/mol. The first-order chi connectivity index (χ1) is 7.31. The second-order valence-electron chi connectivity index (χ2n) is 3.19. The number of hydrogen-bond acceptors (Lipinski definition) is 2. The number of hydrogen-bond donors (Lipinski definition) is 1. The van der Waals surface area contributed by atoms with Crippen molar-refractivity contribution in [1.82, 2.24) is 4.98 Å². The van der Waals surface area contributed by atoms with Gasteiger partial charge in [-0.25, -0.2) is 4.98 Å². The highest BCUT2D eigenvalue weighted by atomic mass is 35.5. The minimum Gasteiger partial charge on any atom is -0.392 e. The quantitative estimate of drug-likeness (QED) is 0.788. The molecule has 15 heavy (non-hydrogen) atoms. The third-order valence-corrected chi connectivity index (χ3v) is 2.41. The highest BCUT2D eigenvalue weighted by Crippen LogP contribution is 2.25. The third kappa shape index (κ3) is 2.17. The Morgan fingerprint density at radius 2 is 1.93 bits per heavy atom. The minimum atomic E-state index is -0.0333. The standard InChI is InChI=1S/C12H10ClNO/c13-12-6-11(10(8-15)7-14-12)9-4-2-1-3-5-9/h1-7,15H,8H2. The number of aromatic nitrogens is 1. The summed E-state index contributed by atoms with van der Waals surface area (Å²) in [5.41, 5.74) is 2.74. The molecule has 0 spiro atoms. The summed E-state index contributed by atoms with van der Waals surface area (Å²) in [4.78, 5) is 3.94. The summed E-state index contributed by atoms with van der Waals surface area (Å²) in [5.74, 6) is 0. The molecule has 0 bridgehead atoms. The summed E-state index contributed by atoms with van der Waals surface area (Å²) in [5, 5.41) is 9.62. The van der Waals surface area contributed by atoms with Crippen LogP contribution >= 0.6 is 11.6 Å². The Balaban J connectivity index is 2.56. The van der Waals surface area contributed by atoms with Crippen molar-refractivity contribution in [1.29, 1.82) is 0 Å². The Hall–Kier alpha value is -1.38. The maximum absolute atomic E-state index is 9.19. The summed E-state index contributed by atoms with van der Waals surface area (Å²) in [6.07, 6.45) is 1.60. The summed E-state index contributed by atoms with van der Waals surface area (Å²) in [6.45, 7) is -0.0333. The first-order valence-electron chi connectivity index (χ1n) is 4.62. The summed E-state index contributed by atoms with van der Waals surface area (Å²) in [7, 11) is 0. The van der Waals surface area contributed by atoms with E-state index in [-0.39, 0.29) is 6.61 Å². The lowest BCUT2D eigenvalue weighted by atomic mass is 10.0. The Kier molecular flexibility index (Phi) is 2.99. The van der Waals surface area contributed by atoms with Crippen molar-refractivity contribution < 1.29 is 5.11 Å². The van der Waals surface area contributed by atoms with E-state index in [4.69, 9.17) is 11.6 Å². The van der Waals surface area contributed by atoms with Gasteiger partial charge >= 0.3 is 0 Å². The Labute approximate surface area is 93.2 Å². The molecule has 1 aromatic heterocycles. The van der Waals surface area contributed by atoms with Crippen LogP contribution in [0.1, 0.15) is 5.56 Å². The van der Waals surface area contributed by atoms with Gasteiger partial charge in [-0.15, -0.1) is 0 Å². The van der Waals surface area contributed by atoms with E-state index in [2.05, 4.69) is 4.98 Å². The number of aliphatic hydroxyl groups is 1. The topological polar surface area (TPSA) is 33.1 Å². The molecule has 0 aliphatic heterocycles. The van der Waals surface area contributed by atoms with E-state index < -0.39 is 0 Å². The van der Waals surface area contributed by atoms with Crippen molar-refractivity contribution in [2.24, 2.45) is 0 Å². The van der Waals surface area contributed by atoms with Gasteiger partial charge in [-0.05, 0) is 17.2 Å². The zero-order valence-corrected chi connectivity index (χ0v) is 8.78. The number of rotatable bonds is 2. The van der Waals surface area contributed by atoms with Gasteiger partial charge in [0.2, 0.25) is 0 Å². The van der Waals surface area contributed by atoms with Gasteiger partial charge in [0.25, 0.3) is 0 Å². The summed E-state index contributed by atoms with van der Waals surface area (Å²) < 4.78 is 0. The highest BCUT2D eigenvalue weighted by Gasteiger charge is 2.05. The molecule has 1 N–H and O–H groups in total. The zero-order chi connectivity index (χ0) is 10.7. The number of aliphatic hydroxyl groups excluding tert-OH is 1. The molecule has 0 aliphatic rings. The maximum Gasteiger partial charge on any atom is 0.129 e. The van der Waals surface area contributed by atoms with Crippen LogP contribution in [0.15, 0.2) is 42.6 Å². The number of benzene rings is 1. The van der Waals surface area contributed by atoms with E-state index in [1.165, 1.54) is 0 Å². The van der Waals surface area contributed by atoms with Crippen molar-refractivity contribution in [3.05, 3.63) is 53.3 Å². The van der Waals surface area contributed by atoms with E-state index in [0.29, 0.717) is 5.15 Å². The van der Waals surface area contributed by atoms with Crippen LogP contribution in [0.25, 0.3) is 11.1 Å². The average Bonchev–Trinajstić information content (AvgIpc) is 2.30. The van der Waals surface area contributed by atoms with Gasteiger partial charge in [0.1, 0.15) is 5.15 Å². The number of nitrogens with zero attached hydrogens (tertiary/aromatic N) is 1. The van der Waals surface area contributed by atoms with Crippen LogP contribution in [-0.2, 0) is 6.61 Å². The van der Waals surface area contributed by atoms with Crippen LogP contribution in [0, 0.1) is 0 Å². The van der Waals surface area contributed by atoms with Gasteiger partial charge in [-0.2, -0.15) is 0 Å². The largest absolute Gasteiger partial charge is 0.392 e. The molecule has 1 heterocycles. The molecule has 0 amide bonds. The molecule has 0 aliphatic carbocycles. The second-order valence-corrected chi connectivity index (χ2v) is 3.58. The number of halogens is 1. The molecule has 2 nitrogen and oxygen atoms in total. The average molecular weight is 220 g/mol. The molecule has 2 rings (SSSR count). The maximum atomic E-state index is 9.19. The van der Waals surface area contributed by atoms with E-state index in [9.17, 15) is 5.11 Å². The fourth-order valence-electron chi connectivity index (χ4n) is 1.47. The molecule has 0 atom stereocenters. The Morgan fingerprint density at radius 3 is 2.60 bits per heavy atom. The Morgan fingerprint density at radius 1 is 1.20 bits per heavy atom. The summed E-state index contributed by atoms with van der Waals surface area (Å²) >= 11 is 5.83. The molecule has 0 unspecified atom stereocenters. The van der Waals surface area contributed by atoms with Crippen LogP contribution in [-0.4, -0.2) is 10.1 Å². The fraction of sp³-hybridized carbons (Fsp3) is 0.0833. The highest BCUT2D eigenvalue weighted by molar-refractivity contribution is 6.29. The molecule has 2 aromatic rings. The van der Waals surface area contributed by atoms with Crippen LogP contribution < -0.4 is 0 Å². The molecule has 0 saturated heterocycles. The lowest BCUT2D eigenvalue weighted by molar-refractivity contribution is 0.282. The first kappa shape index (κ1) is 10.1. The third-order valence-electron chi connectivity index (χ3n) is 2.21. The summed E-state index contributed by atoms with van der Waals surface area (Å²) in [6, 6.07) is 11.6. The van der Waals surface area contributed by atoms with Gasteiger partial charge in [0.05, 0.1) is 6.61 Å². The van der Waals surface area contributed by atoms with Crippen LogP contribution in [0.4, 0.5) is 0 Å². The Bertz CT molecular complexity index is 456. The van der Waals surface area contributed by atoms with Crippen LogP contribution in [0.2, 0.25) is 5.15 Å². The molecule has 0 fully saturated rings. The normalized spacial score (nSPS) is 10.3. The molecule has 0 radical (unpaired) electrons. The van der Waals surface area contributed by atoms with E-state index in [1.807, 2.05) is 30.3 Å². The molecule has 0 saturated carbocycles. The van der Waals surface area contributed by atoms with Gasteiger partial charge in [0.15, 0.2) is 0 Å². The van der Waals surface area contributed by atoms with Crippen LogP contribution in [0.3, 0.4) is 0 Å². The monoisotopic (exact) mass is 219 g/mol. The van der Waals surface area contributed by atoms with Gasteiger partial charge in [-0.1, -0.05) is 41.9 Å². The lowest BCUT2D eigenvalue weighted by Gasteiger charge is -2.07. The zero-order valence-electron chi connectivity index (χ0n) is 8.02. The van der Waals surface area contributed by atoms with Crippen molar-refractivity contribution in [3.8, 4) is 11.1 Å². The smallest absolute Gasteiger partial charge is 0.129 e. The molecular formula is C12H10ClNO. The van der Waals surface area contributed by atoms with E-state index in [0.717, 1.165) is 16.7 Å². The van der Waals surface area contributed by atoms with Crippen molar-refractivity contribution in [3.63, 3.8) is 0 Å². The van der Waals surface area contributed by atoms with Crippen molar-refractivity contribution >= 4 is 11.6 Å². The molecule has 1 aromatic carbocycles. The van der Waals surface area contributed by atoms with Gasteiger partial charge < -0.3 is 5.11 Å². The minimum absolute atomic E-state index is 0.0333. The fourth-order valence-corrected chi connectivity index (χ4v) is 1.63.